The van der Waals surface area contributed by atoms with Crippen molar-refractivity contribution in [3.63, 3.8) is 0 Å². The lowest BCUT2D eigenvalue weighted by Gasteiger charge is -2.26. The van der Waals surface area contributed by atoms with Crippen LogP contribution >= 0.6 is 0 Å². The van der Waals surface area contributed by atoms with Gasteiger partial charge < -0.3 is 9.73 Å². The van der Waals surface area contributed by atoms with Gasteiger partial charge in [-0.15, -0.1) is 0 Å². The van der Waals surface area contributed by atoms with Gasteiger partial charge in [0.25, 0.3) is 0 Å². The van der Waals surface area contributed by atoms with Crippen molar-refractivity contribution in [2.75, 3.05) is 6.54 Å². The molecule has 0 saturated carbocycles. The molecular formula is C9H12N2O2. The van der Waals surface area contributed by atoms with E-state index in [0.717, 1.165) is 6.54 Å². The first-order chi connectivity index (χ1) is 6.27. The van der Waals surface area contributed by atoms with Gasteiger partial charge in [-0.25, -0.2) is 0 Å². The van der Waals surface area contributed by atoms with Gasteiger partial charge in [-0.05, 0) is 19.1 Å². The molecule has 1 aromatic rings. The van der Waals surface area contributed by atoms with E-state index in [1.165, 1.54) is 0 Å². The zero-order chi connectivity index (χ0) is 9.26. The number of hydrogen-bond donors (Lipinski definition) is 2. The van der Waals surface area contributed by atoms with E-state index in [9.17, 15) is 4.79 Å². The fourth-order valence-corrected chi connectivity index (χ4v) is 1.45. The SMILES string of the molecule is C[C@@H]1CN[C@H](c2ccco2)C(=O)N1. The molecule has 1 aromatic heterocycles. The molecule has 4 nitrogen and oxygen atoms in total. The number of carbonyl (C=O) groups excluding carboxylic acids is 1. The summed E-state index contributed by atoms with van der Waals surface area (Å²) in [5.41, 5.74) is 0. The second-order valence-corrected chi connectivity index (χ2v) is 3.27. The third-order valence-electron chi connectivity index (χ3n) is 2.11. The third-order valence-corrected chi connectivity index (χ3v) is 2.11. The molecule has 0 aromatic carbocycles. The summed E-state index contributed by atoms with van der Waals surface area (Å²) in [6.07, 6.45) is 1.57. The van der Waals surface area contributed by atoms with E-state index in [1.807, 2.05) is 6.92 Å². The minimum atomic E-state index is -0.328. The van der Waals surface area contributed by atoms with Crippen molar-refractivity contribution in [3.05, 3.63) is 24.2 Å². The Balaban J connectivity index is 2.13. The van der Waals surface area contributed by atoms with E-state index >= 15 is 0 Å². The van der Waals surface area contributed by atoms with Crippen LogP contribution in [-0.2, 0) is 4.79 Å². The normalized spacial score (nSPS) is 28.5. The summed E-state index contributed by atoms with van der Waals surface area (Å²) in [6, 6.07) is 3.44. The van der Waals surface area contributed by atoms with Crippen LogP contribution in [0.4, 0.5) is 0 Å². The maximum atomic E-state index is 11.5. The Hall–Kier alpha value is -1.29. The van der Waals surface area contributed by atoms with Crippen molar-refractivity contribution in [1.82, 2.24) is 10.6 Å². The van der Waals surface area contributed by atoms with E-state index in [-0.39, 0.29) is 18.0 Å². The molecule has 1 aliphatic heterocycles. The molecule has 0 unspecified atom stereocenters. The molecule has 2 atom stereocenters. The lowest BCUT2D eigenvalue weighted by atomic mass is 10.1. The summed E-state index contributed by atoms with van der Waals surface area (Å²) in [5, 5.41) is 5.97. The van der Waals surface area contributed by atoms with E-state index in [0.29, 0.717) is 5.76 Å². The fourth-order valence-electron chi connectivity index (χ4n) is 1.45. The van der Waals surface area contributed by atoms with Gasteiger partial charge in [0.1, 0.15) is 11.8 Å². The predicted octanol–water partition coefficient (Wildman–Crippen LogP) is 0.429. The molecule has 1 fully saturated rings. The zero-order valence-corrected chi connectivity index (χ0v) is 7.41. The minimum Gasteiger partial charge on any atom is -0.467 e. The van der Waals surface area contributed by atoms with Crippen LogP contribution < -0.4 is 10.6 Å². The van der Waals surface area contributed by atoms with Crippen molar-refractivity contribution in [2.45, 2.75) is 19.0 Å². The van der Waals surface area contributed by atoms with Crippen LogP contribution in [-0.4, -0.2) is 18.5 Å². The highest BCUT2D eigenvalue weighted by Crippen LogP contribution is 2.15. The Labute approximate surface area is 76.3 Å². The Kier molecular flexibility index (Phi) is 2.06. The van der Waals surface area contributed by atoms with Crippen LogP contribution in [0.2, 0.25) is 0 Å². The number of amides is 1. The molecule has 2 rings (SSSR count). The molecule has 70 valence electrons. The molecule has 0 spiro atoms. The molecular weight excluding hydrogens is 168 g/mol. The second kappa shape index (κ2) is 3.22. The van der Waals surface area contributed by atoms with Gasteiger partial charge in [0.15, 0.2) is 0 Å². The summed E-state index contributed by atoms with van der Waals surface area (Å²) in [4.78, 5) is 11.5. The first kappa shape index (κ1) is 8.31. The van der Waals surface area contributed by atoms with Crippen molar-refractivity contribution in [3.8, 4) is 0 Å². The first-order valence-electron chi connectivity index (χ1n) is 4.34. The van der Waals surface area contributed by atoms with E-state index < -0.39 is 0 Å². The van der Waals surface area contributed by atoms with Gasteiger partial charge in [0.05, 0.1) is 6.26 Å². The molecule has 2 N–H and O–H groups in total. The highest BCUT2D eigenvalue weighted by Gasteiger charge is 2.28. The van der Waals surface area contributed by atoms with Crippen LogP contribution in [0, 0.1) is 0 Å². The predicted molar refractivity (Wildman–Crippen MR) is 47.1 cm³/mol. The highest BCUT2D eigenvalue weighted by atomic mass is 16.3. The van der Waals surface area contributed by atoms with E-state index in [2.05, 4.69) is 10.6 Å². The third kappa shape index (κ3) is 1.58. The fraction of sp³-hybridized carbons (Fsp3) is 0.444. The highest BCUT2D eigenvalue weighted by molar-refractivity contribution is 5.83. The molecule has 0 radical (unpaired) electrons. The number of carbonyl (C=O) groups is 1. The lowest BCUT2D eigenvalue weighted by molar-refractivity contribution is -0.125. The molecule has 0 aliphatic carbocycles. The molecule has 1 saturated heterocycles. The largest absolute Gasteiger partial charge is 0.467 e. The van der Waals surface area contributed by atoms with Crippen molar-refractivity contribution >= 4 is 5.91 Å². The summed E-state index contributed by atoms with van der Waals surface area (Å²) in [7, 11) is 0. The monoisotopic (exact) mass is 180 g/mol. The number of furan rings is 1. The van der Waals surface area contributed by atoms with Gasteiger partial charge in [-0.1, -0.05) is 0 Å². The van der Waals surface area contributed by atoms with E-state index in [4.69, 9.17) is 4.42 Å². The Bertz CT molecular complexity index is 295. The molecule has 4 heteroatoms. The van der Waals surface area contributed by atoms with Gasteiger partial charge >= 0.3 is 0 Å². The van der Waals surface area contributed by atoms with E-state index in [1.54, 1.807) is 18.4 Å². The Morgan fingerprint density at radius 3 is 3.08 bits per heavy atom. The van der Waals surface area contributed by atoms with Gasteiger partial charge in [0, 0.05) is 12.6 Å². The van der Waals surface area contributed by atoms with Crippen LogP contribution in [0.15, 0.2) is 22.8 Å². The van der Waals surface area contributed by atoms with Crippen molar-refractivity contribution < 1.29 is 9.21 Å². The van der Waals surface area contributed by atoms with Crippen LogP contribution in [0.25, 0.3) is 0 Å². The Morgan fingerprint density at radius 2 is 2.46 bits per heavy atom. The maximum absolute atomic E-state index is 11.5. The van der Waals surface area contributed by atoms with Crippen LogP contribution in [0.1, 0.15) is 18.7 Å². The Morgan fingerprint density at radius 1 is 1.62 bits per heavy atom. The van der Waals surface area contributed by atoms with Crippen LogP contribution in [0.5, 0.6) is 0 Å². The summed E-state index contributed by atoms with van der Waals surface area (Å²) < 4.78 is 5.16. The molecule has 1 aliphatic rings. The summed E-state index contributed by atoms with van der Waals surface area (Å²) in [6.45, 7) is 2.74. The summed E-state index contributed by atoms with van der Waals surface area (Å²) in [5.74, 6) is 0.651. The van der Waals surface area contributed by atoms with Gasteiger partial charge in [-0.2, -0.15) is 0 Å². The molecule has 2 heterocycles. The average Bonchev–Trinajstić information content (AvgIpc) is 2.56. The van der Waals surface area contributed by atoms with Crippen LogP contribution in [0.3, 0.4) is 0 Å². The standard InChI is InChI=1S/C9H12N2O2/c1-6-5-10-8(9(12)11-6)7-3-2-4-13-7/h2-4,6,8,10H,5H2,1H3,(H,11,12)/t6-,8-/m1/s1. The summed E-state index contributed by atoms with van der Waals surface area (Å²) >= 11 is 0. The molecule has 13 heavy (non-hydrogen) atoms. The first-order valence-corrected chi connectivity index (χ1v) is 4.34. The average molecular weight is 180 g/mol. The number of nitrogens with one attached hydrogen (secondary N) is 2. The minimum absolute atomic E-state index is 0.0197. The second-order valence-electron chi connectivity index (χ2n) is 3.27. The number of piperazine rings is 1. The van der Waals surface area contributed by atoms with Gasteiger partial charge in [0.2, 0.25) is 5.91 Å². The molecule has 0 bridgehead atoms. The molecule has 1 amide bonds. The smallest absolute Gasteiger partial charge is 0.245 e. The topological polar surface area (TPSA) is 54.3 Å². The number of rotatable bonds is 1. The number of hydrogen-bond acceptors (Lipinski definition) is 3. The lowest BCUT2D eigenvalue weighted by Crippen LogP contribution is -2.52. The zero-order valence-electron chi connectivity index (χ0n) is 7.41. The van der Waals surface area contributed by atoms with Crippen molar-refractivity contribution in [1.29, 1.82) is 0 Å². The maximum Gasteiger partial charge on any atom is 0.245 e. The quantitative estimate of drug-likeness (QED) is 0.659. The van der Waals surface area contributed by atoms with Crippen molar-refractivity contribution in [2.24, 2.45) is 0 Å². The van der Waals surface area contributed by atoms with Gasteiger partial charge in [-0.3, -0.25) is 10.1 Å².